The molecule has 2 fully saturated rings. The summed E-state index contributed by atoms with van der Waals surface area (Å²) < 4.78 is 1.99. The fourth-order valence-electron chi connectivity index (χ4n) is 2.56. The maximum atomic E-state index is 4.09. The number of thioether (sulfide) groups is 1. The van der Waals surface area contributed by atoms with E-state index in [1.54, 1.807) is 11.8 Å². The zero-order valence-electron chi connectivity index (χ0n) is 10.7. The SMILES string of the molecule is C1CCC(CNCCSc2nnnn2C2CC2)C1. The molecular formula is C12H21N5S. The molecule has 1 heterocycles. The summed E-state index contributed by atoms with van der Waals surface area (Å²) >= 11 is 1.77. The van der Waals surface area contributed by atoms with Crippen molar-refractivity contribution in [3.05, 3.63) is 0 Å². The Morgan fingerprint density at radius 1 is 1.22 bits per heavy atom. The van der Waals surface area contributed by atoms with Gasteiger partial charge in [0.1, 0.15) is 0 Å². The summed E-state index contributed by atoms with van der Waals surface area (Å²) in [6, 6.07) is 0.578. The summed E-state index contributed by atoms with van der Waals surface area (Å²) in [5.74, 6) is 1.98. The molecule has 100 valence electrons. The molecule has 2 aliphatic carbocycles. The van der Waals surface area contributed by atoms with Gasteiger partial charge in [0.25, 0.3) is 0 Å². The van der Waals surface area contributed by atoms with Crippen LogP contribution in [-0.4, -0.2) is 39.0 Å². The van der Waals surface area contributed by atoms with E-state index < -0.39 is 0 Å². The smallest absolute Gasteiger partial charge is 0.209 e. The van der Waals surface area contributed by atoms with Crippen LogP contribution in [0.25, 0.3) is 0 Å². The van der Waals surface area contributed by atoms with E-state index in [0.29, 0.717) is 6.04 Å². The van der Waals surface area contributed by atoms with Crippen LogP contribution < -0.4 is 5.32 Å². The molecule has 18 heavy (non-hydrogen) atoms. The predicted molar refractivity (Wildman–Crippen MR) is 71.6 cm³/mol. The number of tetrazole rings is 1. The minimum absolute atomic E-state index is 0.578. The zero-order valence-corrected chi connectivity index (χ0v) is 11.5. The first-order valence-corrected chi connectivity index (χ1v) is 8.03. The molecule has 2 aliphatic rings. The van der Waals surface area contributed by atoms with E-state index in [9.17, 15) is 0 Å². The number of nitrogens with zero attached hydrogens (tertiary/aromatic N) is 4. The van der Waals surface area contributed by atoms with Gasteiger partial charge in [0.05, 0.1) is 6.04 Å². The Morgan fingerprint density at radius 2 is 2.06 bits per heavy atom. The van der Waals surface area contributed by atoms with Crippen molar-refractivity contribution in [1.29, 1.82) is 0 Å². The van der Waals surface area contributed by atoms with Gasteiger partial charge in [-0.25, -0.2) is 4.68 Å². The summed E-state index contributed by atoms with van der Waals surface area (Å²) in [5.41, 5.74) is 0. The Balaban J connectivity index is 1.32. The lowest BCUT2D eigenvalue weighted by Crippen LogP contribution is -2.23. The van der Waals surface area contributed by atoms with Crippen molar-refractivity contribution in [3.8, 4) is 0 Å². The van der Waals surface area contributed by atoms with E-state index in [1.165, 1.54) is 45.1 Å². The van der Waals surface area contributed by atoms with Crippen molar-refractivity contribution < 1.29 is 0 Å². The Bertz CT molecular complexity index is 370. The summed E-state index contributed by atoms with van der Waals surface area (Å²) in [6.45, 7) is 2.24. The van der Waals surface area contributed by atoms with Crippen LogP contribution in [0.2, 0.25) is 0 Å². The van der Waals surface area contributed by atoms with Gasteiger partial charge in [0.15, 0.2) is 0 Å². The predicted octanol–water partition coefficient (Wildman–Crippen LogP) is 1.88. The summed E-state index contributed by atoms with van der Waals surface area (Å²) in [5, 5.41) is 16.5. The molecule has 1 aromatic rings. The quantitative estimate of drug-likeness (QED) is 0.604. The van der Waals surface area contributed by atoms with Crippen molar-refractivity contribution in [2.75, 3.05) is 18.8 Å². The average Bonchev–Trinajstić information content (AvgIpc) is 2.92. The maximum Gasteiger partial charge on any atom is 0.209 e. The van der Waals surface area contributed by atoms with Crippen LogP contribution in [0.1, 0.15) is 44.6 Å². The molecule has 0 aliphatic heterocycles. The van der Waals surface area contributed by atoms with Gasteiger partial charge in [-0.05, 0) is 48.6 Å². The highest BCUT2D eigenvalue weighted by Gasteiger charge is 2.27. The lowest BCUT2D eigenvalue weighted by molar-refractivity contribution is 0.499. The van der Waals surface area contributed by atoms with Crippen LogP contribution in [0.15, 0.2) is 5.16 Å². The zero-order chi connectivity index (χ0) is 12.2. The second-order valence-electron chi connectivity index (χ2n) is 5.34. The first-order chi connectivity index (χ1) is 8.93. The van der Waals surface area contributed by atoms with Crippen LogP contribution in [-0.2, 0) is 0 Å². The van der Waals surface area contributed by atoms with Crippen molar-refractivity contribution in [2.45, 2.75) is 49.7 Å². The molecule has 0 atom stereocenters. The normalized spacial score (nSPS) is 20.7. The first kappa shape index (κ1) is 12.4. The van der Waals surface area contributed by atoms with Gasteiger partial charge in [0, 0.05) is 12.3 Å². The summed E-state index contributed by atoms with van der Waals surface area (Å²) in [4.78, 5) is 0. The fourth-order valence-corrected chi connectivity index (χ4v) is 3.40. The third-order valence-corrected chi connectivity index (χ3v) is 4.71. The molecule has 5 nitrogen and oxygen atoms in total. The molecule has 0 spiro atoms. The second-order valence-corrected chi connectivity index (χ2v) is 6.40. The van der Waals surface area contributed by atoms with E-state index >= 15 is 0 Å². The van der Waals surface area contributed by atoms with Crippen molar-refractivity contribution in [3.63, 3.8) is 0 Å². The van der Waals surface area contributed by atoms with E-state index in [4.69, 9.17) is 0 Å². The Hall–Kier alpha value is -0.620. The topological polar surface area (TPSA) is 55.6 Å². The van der Waals surface area contributed by atoms with E-state index in [-0.39, 0.29) is 0 Å². The number of nitrogens with one attached hydrogen (secondary N) is 1. The highest BCUT2D eigenvalue weighted by atomic mass is 32.2. The van der Waals surface area contributed by atoms with Gasteiger partial charge in [-0.2, -0.15) is 0 Å². The van der Waals surface area contributed by atoms with Gasteiger partial charge in [-0.15, -0.1) is 5.10 Å². The minimum Gasteiger partial charge on any atom is -0.316 e. The molecule has 3 rings (SSSR count). The molecule has 6 heteroatoms. The van der Waals surface area contributed by atoms with Gasteiger partial charge >= 0.3 is 0 Å². The van der Waals surface area contributed by atoms with E-state index in [0.717, 1.165) is 23.4 Å². The summed E-state index contributed by atoms with van der Waals surface area (Å²) in [7, 11) is 0. The molecule has 0 saturated heterocycles. The molecular weight excluding hydrogens is 246 g/mol. The van der Waals surface area contributed by atoms with Crippen molar-refractivity contribution in [1.82, 2.24) is 25.5 Å². The van der Waals surface area contributed by atoms with Gasteiger partial charge in [-0.3, -0.25) is 0 Å². The molecule has 1 N–H and O–H groups in total. The lowest BCUT2D eigenvalue weighted by atomic mass is 10.1. The van der Waals surface area contributed by atoms with Crippen molar-refractivity contribution in [2.24, 2.45) is 5.92 Å². The maximum absolute atomic E-state index is 4.09. The monoisotopic (exact) mass is 267 g/mol. The van der Waals surface area contributed by atoms with Gasteiger partial charge < -0.3 is 5.32 Å². The number of aromatic nitrogens is 4. The minimum atomic E-state index is 0.578. The Morgan fingerprint density at radius 3 is 2.83 bits per heavy atom. The van der Waals surface area contributed by atoms with Crippen molar-refractivity contribution >= 4 is 11.8 Å². The number of hydrogen-bond donors (Lipinski definition) is 1. The fraction of sp³-hybridized carbons (Fsp3) is 0.917. The van der Waals surface area contributed by atoms with Crippen LogP contribution in [0.4, 0.5) is 0 Å². The van der Waals surface area contributed by atoms with Crippen LogP contribution >= 0.6 is 11.8 Å². The number of hydrogen-bond acceptors (Lipinski definition) is 5. The third-order valence-electron chi connectivity index (χ3n) is 3.77. The molecule has 0 bridgehead atoms. The second kappa shape index (κ2) is 6.02. The van der Waals surface area contributed by atoms with E-state index in [1.807, 2.05) is 4.68 Å². The molecule has 0 radical (unpaired) electrons. The van der Waals surface area contributed by atoms with Crippen LogP contribution in [0, 0.1) is 5.92 Å². The standard InChI is InChI=1S/C12H21N5S/c1-2-4-10(3-1)9-13-7-8-18-12-14-15-16-17(12)11-5-6-11/h10-11,13H,1-9H2. The highest BCUT2D eigenvalue weighted by molar-refractivity contribution is 7.99. The first-order valence-electron chi connectivity index (χ1n) is 7.05. The van der Waals surface area contributed by atoms with Crippen LogP contribution in [0.3, 0.4) is 0 Å². The summed E-state index contributed by atoms with van der Waals surface area (Å²) in [6.07, 6.45) is 8.16. The molecule has 0 unspecified atom stereocenters. The largest absolute Gasteiger partial charge is 0.316 e. The third kappa shape index (κ3) is 3.23. The molecule has 1 aromatic heterocycles. The highest BCUT2D eigenvalue weighted by Crippen LogP contribution is 2.36. The number of rotatable bonds is 7. The molecule has 2 saturated carbocycles. The lowest BCUT2D eigenvalue weighted by Gasteiger charge is -2.09. The van der Waals surface area contributed by atoms with Crippen LogP contribution in [0.5, 0.6) is 0 Å². The Kier molecular flexibility index (Phi) is 4.15. The average molecular weight is 267 g/mol. The van der Waals surface area contributed by atoms with Gasteiger partial charge in [0.2, 0.25) is 5.16 Å². The molecule has 0 amide bonds. The van der Waals surface area contributed by atoms with E-state index in [2.05, 4.69) is 20.8 Å². The Labute approximate surface area is 112 Å². The van der Waals surface area contributed by atoms with Gasteiger partial charge in [-0.1, -0.05) is 24.6 Å². The molecule has 0 aromatic carbocycles.